The lowest BCUT2D eigenvalue weighted by Gasteiger charge is -2.21. The van der Waals surface area contributed by atoms with Gasteiger partial charge in [-0.3, -0.25) is 4.79 Å². The van der Waals surface area contributed by atoms with Gasteiger partial charge in [0, 0.05) is 12.3 Å². The van der Waals surface area contributed by atoms with E-state index in [1.165, 1.54) is 6.42 Å². The molecule has 1 unspecified atom stereocenters. The van der Waals surface area contributed by atoms with Gasteiger partial charge in [-0.1, -0.05) is 11.6 Å². The Morgan fingerprint density at radius 3 is 2.88 bits per heavy atom. The van der Waals surface area contributed by atoms with Crippen LogP contribution in [0, 0.1) is 0 Å². The van der Waals surface area contributed by atoms with Crippen molar-refractivity contribution in [1.29, 1.82) is 0 Å². The fourth-order valence-electron chi connectivity index (χ4n) is 2.07. The first-order valence-corrected chi connectivity index (χ1v) is 5.78. The van der Waals surface area contributed by atoms with E-state index in [2.05, 4.69) is 10.1 Å². The molecular formula is C11H14N2O3. The second-order valence-electron chi connectivity index (χ2n) is 4.46. The normalized spacial score (nSPS) is 26.8. The maximum atomic E-state index is 11.6. The number of ether oxygens (including phenoxy) is 1. The number of rotatable bonds is 2. The van der Waals surface area contributed by atoms with Crippen LogP contribution in [-0.2, 0) is 9.53 Å². The minimum Gasteiger partial charge on any atom is -0.380 e. The molecule has 2 fully saturated rings. The van der Waals surface area contributed by atoms with Gasteiger partial charge in [0.1, 0.15) is 11.7 Å². The van der Waals surface area contributed by atoms with Crippen LogP contribution in [0.15, 0.2) is 4.52 Å². The Kier molecular flexibility index (Phi) is 2.47. The molecule has 1 atom stereocenters. The molecule has 0 amide bonds. The van der Waals surface area contributed by atoms with Gasteiger partial charge in [0.15, 0.2) is 5.82 Å². The van der Waals surface area contributed by atoms with Crippen molar-refractivity contribution in [3.05, 3.63) is 11.7 Å². The smallest absolute Gasteiger partial charge is 0.239 e. The van der Waals surface area contributed by atoms with E-state index in [1.807, 2.05) is 0 Å². The Balaban J connectivity index is 1.77. The molecule has 1 saturated carbocycles. The van der Waals surface area contributed by atoms with Crippen LogP contribution < -0.4 is 0 Å². The molecule has 1 aromatic heterocycles. The van der Waals surface area contributed by atoms with Crippen LogP contribution >= 0.6 is 0 Å². The summed E-state index contributed by atoms with van der Waals surface area (Å²) in [5.74, 6) is 1.45. The third-order valence-electron chi connectivity index (χ3n) is 3.39. The lowest BCUT2D eigenvalue weighted by Crippen LogP contribution is -2.26. The standard InChI is InChI=1S/C11H14N2O3/c14-9-4-5-15-6-8(9)11-12-10(13-16-11)7-2-1-3-7/h7-8H,1-6H2. The minimum atomic E-state index is -0.338. The molecule has 2 heterocycles. The van der Waals surface area contributed by atoms with Gasteiger partial charge < -0.3 is 9.26 Å². The predicted octanol–water partition coefficient (Wildman–Crippen LogP) is 1.41. The summed E-state index contributed by atoms with van der Waals surface area (Å²) in [5, 5.41) is 3.95. The first kappa shape index (κ1) is 9.96. The van der Waals surface area contributed by atoms with Gasteiger partial charge in [0.25, 0.3) is 0 Å². The van der Waals surface area contributed by atoms with Gasteiger partial charge in [0.2, 0.25) is 5.89 Å². The second-order valence-corrected chi connectivity index (χ2v) is 4.46. The first-order chi connectivity index (χ1) is 7.84. The summed E-state index contributed by atoms with van der Waals surface area (Å²) in [6.07, 6.45) is 3.95. The summed E-state index contributed by atoms with van der Waals surface area (Å²) in [7, 11) is 0. The Labute approximate surface area is 93.2 Å². The maximum absolute atomic E-state index is 11.6. The molecule has 0 bridgehead atoms. The van der Waals surface area contributed by atoms with Crippen molar-refractivity contribution < 1.29 is 14.1 Å². The fraction of sp³-hybridized carbons (Fsp3) is 0.727. The van der Waals surface area contributed by atoms with Crippen LogP contribution in [0.25, 0.3) is 0 Å². The van der Waals surface area contributed by atoms with Crippen molar-refractivity contribution in [2.24, 2.45) is 0 Å². The molecule has 16 heavy (non-hydrogen) atoms. The molecule has 5 heteroatoms. The Morgan fingerprint density at radius 1 is 1.31 bits per heavy atom. The summed E-state index contributed by atoms with van der Waals surface area (Å²) in [6, 6.07) is 0. The van der Waals surface area contributed by atoms with E-state index in [0.29, 0.717) is 31.4 Å². The summed E-state index contributed by atoms with van der Waals surface area (Å²) in [5.41, 5.74) is 0. The highest BCUT2D eigenvalue weighted by atomic mass is 16.5. The highest BCUT2D eigenvalue weighted by Gasteiger charge is 2.32. The third-order valence-corrected chi connectivity index (χ3v) is 3.39. The van der Waals surface area contributed by atoms with Gasteiger partial charge in [-0.05, 0) is 12.8 Å². The number of hydrogen-bond acceptors (Lipinski definition) is 5. The van der Waals surface area contributed by atoms with E-state index in [9.17, 15) is 4.79 Å². The van der Waals surface area contributed by atoms with E-state index < -0.39 is 0 Å². The van der Waals surface area contributed by atoms with Crippen molar-refractivity contribution in [3.8, 4) is 0 Å². The molecule has 3 rings (SSSR count). The van der Waals surface area contributed by atoms with Crippen LogP contribution in [0.2, 0.25) is 0 Å². The van der Waals surface area contributed by atoms with Crippen molar-refractivity contribution >= 4 is 5.78 Å². The second kappa shape index (κ2) is 3.97. The largest absolute Gasteiger partial charge is 0.380 e. The van der Waals surface area contributed by atoms with Crippen LogP contribution in [-0.4, -0.2) is 29.1 Å². The number of Topliss-reactive ketones (excluding diaryl/α,β-unsaturated/α-hetero) is 1. The third kappa shape index (κ3) is 1.65. The zero-order valence-corrected chi connectivity index (χ0v) is 9.02. The van der Waals surface area contributed by atoms with Gasteiger partial charge >= 0.3 is 0 Å². The summed E-state index contributed by atoms with van der Waals surface area (Å²) >= 11 is 0. The van der Waals surface area contributed by atoms with Crippen LogP contribution in [0.5, 0.6) is 0 Å². The van der Waals surface area contributed by atoms with E-state index in [4.69, 9.17) is 9.26 Å². The molecule has 5 nitrogen and oxygen atoms in total. The van der Waals surface area contributed by atoms with Crippen LogP contribution in [0.4, 0.5) is 0 Å². The number of carbonyl (C=O) groups is 1. The van der Waals surface area contributed by atoms with Crippen molar-refractivity contribution in [3.63, 3.8) is 0 Å². The minimum absolute atomic E-state index is 0.148. The number of carbonyl (C=O) groups excluding carboxylic acids is 1. The maximum Gasteiger partial charge on any atom is 0.239 e. The average Bonchev–Trinajstić information content (AvgIpc) is 2.65. The van der Waals surface area contributed by atoms with Gasteiger partial charge in [-0.25, -0.2) is 0 Å². The number of nitrogens with zero attached hydrogens (tertiary/aromatic N) is 2. The van der Waals surface area contributed by atoms with Crippen molar-refractivity contribution in [2.45, 2.75) is 37.5 Å². The number of hydrogen-bond donors (Lipinski definition) is 0. The summed E-state index contributed by atoms with van der Waals surface area (Å²) in [4.78, 5) is 16.0. The zero-order chi connectivity index (χ0) is 11.0. The monoisotopic (exact) mass is 222 g/mol. The molecule has 0 spiro atoms. The predicted molar refractivity (Wildman–Crippen MR) is 54.1 cm³/mol. The van der Waals surface area contributed by atoms with Crippen molar-refractivity contribution in [2.75, 3.05) is 13.2 Å². The summed E-state index contributed by atoms with van der Waals surface area (Å²) < 4.78 is 10.4. The molecule has 1 saturated heterocycles. The molecule has 1 aliphatic carbocycles. The van der Waals surface area contributed by atoms with Gasteiger partial charge in [0.05, 0.1) is 13.2 Å². The van der Waals surface area contributed by atoms with Crippen molar-refractivity contribution in [1.82, 2.24) is 10.1 Å². The first-order valence-electron chi connectivity index (χ1n) is 5.78. The Bertz CT molecular complexity index is 398. The topological polar surface area (TPSA) is 65.2 Å². The van der Waals surface area contributed by atoms with Crippen LogP contribution in [0.1, 0.15) is 49.2 Å². The Morgan fingerprint density at radius 2 is 2.19 bits per heavy atom. The molecule has 0 N–H and O–H groups in total. The average molecular weight is 222 g/mol. The summed E-state index contributed by atoms with van der Waals surface area (Å²) in [6.45, 7) is 0.893. The SMILES string of the molecule is O=C1CCOCC1c1nc(C2CCC2)no1. The lowest BCUT2D eigenvalue weighted by molar-refractivity contribution is -0.127. The quantitative estimate of drug-likeness (QED) is 0.757. The molecule has 86 valence electrons. The number of ketones is 1. The molecule has 1 aliphatic heterocycles. The zero-order valence-electron chi connectivity index (χ0n) is 9.02. The fourth-order valence-corrected chi connectivity index (χ4v) is 2.07. The molecule has 0 aromatic carbocycles. The van der Waals surface area contributed by atoms with E-state index in [-0.39, 0.29) is 11.7 Å². The van der Waals surface area contributed by atoms with E-state index >= 15 is 0 Å². The molecular weight excluding hydrogens is 208 g/mol. The van der Waals surface area contributed by atoms with Gasteiger partial charge in [-0.15, -0.1) is 0 Å². The van der Waals surface area contributed by atoms with Gasteiger partial charge in [-0.2, -0.15) is 4.98 Å². The number of aromatic nitrogens is 2. The molecule has 0 radical (unpaired) electrons. The van der Waals surface area contributed by atoms with E-state index in [1.54, 1.807) is 0 Å². The highest BCUT2D eigenvalue weighted by molar-refractivity contribution is 5.85. The highest BCUT2D eigenvalue weighted by Crippen LogP contribution is 2.35. The Hall–Kier alpha value is -1.23. The lowest BCUT2D eigenvalue weighted by atomic mass is 9.85. The van der Waals surface area contributed by atoms with Crippen LogP contribution in [0.3, 0.4) is 0 Å². The molecule has 2 aliphatic rings. The van der Waals surface area contributed by atoms with E-state index in [0.717, 1.165) is 18.7 Å². The molecule has 1 aromatic rings.